The predicted molar refractivity (Wildman–Crippen MR) is 116 cm³/mol. The van der Waals surface area contributed by atoms with Crippen molar-refractivity contribution >= 4 is 12.0 Å². The molecule has 0 aliphatic carbocycles. The molecule has 1 aromatic carbocycles. The molecule has 0 saturated carbocycles. The molecule has 2 saturated heterocycles. The number of nitrogens with zero attached hydrogens (tertiary/aromatic N) is 2. The standard InChI is InChI=1S/C23H35N3O4/c1-3-30-23(28)25-13-10-20(11-14-25)26-12-4-5-19(17-26)16-24-22(27)15-18-6-8-21(29-2)9-7-18/h6-9,19-20H,3-5,10-17H2,1-2H3,(H,24,27). The van der Waals surface area contributed by atoms with Crippen LogP contribution in [-0.2, 0) is 16.0 Å². The van der Waals surface area contributed by atoms with E-state index < -0.39 is 0 Å². The third-order valence-electron chi connectivity index (χ3n) is 6.17. The van der Waals surface area contributed by atoms with Gasteiger partial charge in [-0.05, 0) is 62.8 Å². The highest BCUT2D eigenvalue weighted by Crippen LogP contribution is 2.24. The number of hydrogen-bond acceptors (Lipinski definition) is 5. The smallest absolute Gasteiger partial charge is 0.409 e. The van der Waals surface area contributed by atoms with E-state index >= 15 is 0 Å². The minimum absolute atomic E-state index is 0.0695. The number of nitrogens with one attached hydrogen (secondary N) is 1. The van der Waals surface area contributed by atoms with Gasteiger partial charge in [0, 0.05) is 32.2 Å². The first kappa shape index (κ1) is 22.4. The summed E-state index contributed by atoms with van der Waals surface area (Å²) in [6, 6.07) is 8.16. The number of hydrogen-bond donors (Lipinski definition) is 1. The lowest BCUT2D eigenvalue weighted by molar-refractivity contribution is -0.120. The van der Waals surface area contributed by atoms with Crippen molar-refractivity contribution in [2.75, 3.05) is 46.4 Å². The minimum Gasteiger partial charge on any atom is -0.497 e. The molecule has 1 aromatic rings. The summed E-state index contributed by atoms with van der Waals surface area (Å²) in [5, 5.41) is 3.12. The summed E-state index contributed by atoms with van der Waals surface area (Å²) >= 11 is 0. The van der Waals surface area contributed by atoms with E-state index in [9.17, 15) is 9.59 Å². The third-order valence-corrected chi connectivity index (χ3v) is 6.17. The van der Waals surface area contributed by atoms with E-state index in [0.717, 1.165) is 69.7 Å². The average molecular weight is 418 g/mol. The maximum absolute atomic E-state index is 12.3. The van der Waals surface area contributed by atoms with Gasteiger partial charge in [-0.15, -0.1) is 0 Å². The molecule has 166 valence electrons. The fourth-order valence-corrected chi connectivity index (χ4v) is 4.47. The number of ether oxygens (including phenoxy) is 2. The lowest BCUT2D eigenvalue weighted by atomic mass is 9.94. The van der Waals surface area contributed by atoms with Gasteiger partial charge in [0.2, 0.25) is 5.91 Å². The number of methoxy groups -OCH3 is 1. The lowest BCUT2D eigenvalue weighted by Gasteiger charge is -2.42. The van der Waals surface area contributed by atoms with Crippen molar-refractivity contribution in [3.63, 3.8) is 0 Å². The largest absolute Gasteiger partial charge is 0.497 e. The summed E-state index contributed by atoms with van der Waals surface area (Å²) in [5.74, 6) is 1.36. The van der Waals surface area contributed by atoms with Crippen LogP contribution in [0.1, 0.15) is 38.2 Å². The molecule has 2 heterocycles. The van der Waals surface area contributed by atoms with Crippen LogP contribution >= 0.6 is 0 Å². The second kappa shape index (κ2) is 11.2. The SMILES string of the molecule is CCOC(=O)N1CCC(N2CCCC(CNC(=O)Cc3ccc(OC)cc3)C2)CC1. The van der Waals surface area contributed by atoms with Crippen LogP contribution in [0, 0.1) is 5.92 Å². The van der Waals surface area contributed by atoms with Crippen LogP contribution in [-0.4, -0.2) is 74.3 Å². The number of piperidine rings is 2. The minimum atomic E-state index is -0.188. The molecule has 0 aromatic heterocycles. The molecule has 0 bridgehead atoms. The van der Waals surface area contributed by atoms with Crippen LogP contribution in [0.15, 0.2) is 24.3 Å². The van der Waals surface area contributed by atoms with Gasteiger partial charge < -0.3 is 19.7 Å². The van der Waals surface area contributed by atoms with Gasteiger partial charge >= 0.3 is 6.09 Å². The molecule has 1 unspecified atom stereocenters. The number of carbonyl (C=O) groups excluding carboxylic acids is 2. The average Bonchev–Trinajstić information content (AvgIpc) is 2.79. The summed E-state index contributed by atoms with van der Waals surface area (Å²) in [6.07, 6.45) is 4.52. The molecule has 1 atom stereocenters. The highest BCUT2D eigenvalue weighted by molar-refractivity contribution is 5.78. The molecule has 2 aliphatic heterocycles. The van der Waals surface area contributed by atoms with Crippen LogP contribution in [0.3, 0.4) is 0 Å². The zero-order chi connectivity index (χ0) is 21.3. The summed E-state index contributed by atoms with van der Waals surface area (Å²) in [6.45, 7) is 6.66. The molecule has 2 amide bonds. The Morgan fingerprint density at radius 2 is 1.83 bits per heavy atom. The quantitative estimate of drug-likeness (QED) is 0.739. The topological polar surface area (TPSA) is 71.1 Å². The first-order valence-electron chi connectivity index (χ1n) is 11.1. The Hall–Kier alpha value is -2.28. The van der Waals surface area contributed by atoms with Crippen LogP contribution in [0.4, 0.5) is 4.79 Å². The van der Waals surface area contributed by atoms with Crippen LogP contribution in [0.2, 0.25) is 0 Å². The number of amides is 2. The van der Waals surface area contributed by atoms with Gasteiger partial charge in [-0.2, -0.15) is 0 Å². The van der Waals surface area contributed by atoms with Gasteiger partial charge in [0.1, 0.15) is 5.75 Å². The maximum atomic E-state index is 12.3. The van der Waals surface area contributed by atoms with Crippen LogP contribution in [0.25, 0.3) is 0 Å². The fourth-order valence-electron chi connectivity index (χ4n) is 4.47. The molecular weight excluding hydrogens is 382 g/mol. The van der Waals surface area contributed by atoms with Gasteiger partial charge in [-0.1, -0.05) is 12.1 Å². The summed E-state index contributed by atoms with van der Waals surface area (Å²) in [5.41, 5.74) is 0.993. The van der Waals surface area contributed by atoms with E-state index in [1.54, 1.807) is 7.11 Å². The van der Waals surface area contributed by atoms with Gasteiger partial charge in [0.05, 0.1) is 20.1 Å². The fraction of sp³-hybridized carbons (Fsp3) is 0.652. The number of rotatable bonds is 7. The molecule has 3 rings (SSSR count). The zero-order valence-electron chi connectivity index (χ0n) is 18.3. The van der Waals surface area contributed by atoms with Crippen LogP contribution < -0.4 is 10.1 Å². The van der Waals surface area contributed by atoms with E-state index in [1.165, 1.54) is 0 Å². The highest BCUT2D eigenvalue weighted by Gasteiger charge is 2.30. The molecule has 2 fully saturated rings. The predicted octanol–water partition coefficient (Wildman–Crippen LogP) is 2.69. The van der Waals surface area contributed by atoms with Crippen molar-refractivity contribution in [3.05, 3.63) is 29.8 Å². The monoisotopic (exact) mass is 417 g/mol. The van der Waals surface area contributed by atoms with E-state index in [4.69, 9.17) is 9.47 Å². The van der Waals surface area contributed by atoms with Crippen molar-refractivity contribution in [3.8, 4) is 5.75 Å². The summed E-state index contributed by atoms with van der Waals surface area (Å²) in [7, 11) is 1.64. The molecule has 1 N–H and O–H groups in total. The van der Waals surface area contributed by atoms with Gasteiger partial charge in [0.25, 0.3) is 0 Å². The van der Waals surface area contributed by atoms with Gasteiger partial charge in [-0.3, -0.25) is 9.69 Å². The lowest BCUT2D eigenvalue weighted by Crippen LogP contribution is -2.50. The Balaban J connectivity index is 1.39. The van der Waals surface area contributed by atoms with Crippen molar-refractivity contribution in [2.24, 2.45) is 5.92 Å². The molecule has 0 spiro atoms. The van der Waals surface area contributed by atoms with E-state index in [2.05, 4.69) is 10.2 Å². The Bertz CT molecular complexity index is 686. The Labute approximate surface area is 179 Å². The molecule has 30 heavy (non-hydrogen) atoms. The molecule has 2 aliphatic rings. The Morgan fingerprint density at radius 3 is 2.50 bits per heavy atom. The van der Waals surface area contributed by atoms with Crippen molar-refractivity contribution in [1.29, 1.82) is 0 Å². The number of benzene rings is 1. The summed E-state index contributed by atoms with van der Waals surface area (Å²) in [4.78, 5) is 28.6. The van der Waals surface area contributed by atoms with Gasteiger partial charge in [-0.25, -0.2) is 4.79 Å². The van der Waals surface area contributed by atoms with E-state index in [0.29, 0.717) is 25.0 Å². The van der Waals surface area contributed by atoms with Crippen LogP contribution in [0.5, 0.6) is 5.75 Å². The van der Waals surface area contributed by atoms with Crippen molar-refractivity contribution in [1.82, 2.24) is 15.1 Å². The second-order valence-corrected chi connectivity index (χ2v) is 8.25. The zero-order valence-corrected chi connectivity index (χ0v) is 18.3. The Kier molecular flexibility index (Phi) is 8.37. The highest BCUT2D eigenvalue weighted by atomic mass is 16.6. The first-order chi connectivity index (χ1) is 14.6. The van der Waals surface area contributed by atoms with Gasteiger partial charge in [0.15, 0.2) is 0 Å². The van der Waals surface area contributed by atoms with E-state index in [-0.39, 0.29) is 12.0 Å². The summed E-state index contributed by atoms with van der Waals surface area (Å²) < 4.78 is 10.3. The Morgan fingerprint density at radius 1 is 1.10 bits per heavy atom. The second-order valence-electron chi connectivity index (χ2n) is 8.25. The number of likely N-dealkylation sites (tertiary alicyclic amines) is 2. The molecule has 7 heteroatoms. The normalized spacial score (nSPS) is 20.6. The number of carbonyl (C=O) groups is 2. The maximum Gasteiger partial charge on any atom is 0.409 e. The third kappa shape index (κ3) is 6.36. The van der Waals surface area contributed by atoms with E-state index in [1.807, 2.05) is 36.1 Å². The van der Waals surface area contributed by atoms with Crippen molar-refractivity contribution < 1.29 is 19.1 Å². The molecule has 7 nitrogen and oxygen atoms in total. The first-order valence-corrected chi connectivity index (χ1v) is 11.1. The molecule has 0 radical (unpaired) electrons. The molecular formula is C23H35N3O4. The van der Waals surface area contributed by atoms with Crippen molar-refractivity contribution in [2.45, 2.75) is 45.1 Å².